The predicted molar refractivity (Wildman–Crippen MR) is 107 cm³/mol. The first kappa shape index (κ1) is 17.4. The molecule has 4 aromatic rings. The van der Waals surface area contributed by atoms with Gasteiger partial charge < -0.3 is 10.5 Å². The number of hydrogen-bond acceptors (Lipinski definition) is 4. The molecule has 4 rings (SSSR count). The number of aliphatic imine (C=N–C) groups is 1. The lowest BCUT2D eigenvalue weighted by Gasteiger charge is -2.06. The topological polar surface area (TPSA) is 88.8 Å². The molecule has 0 spiro atoms. The van der Waals surface area contributed by atoms with Crippen LogP contribution in [0.2, 0.25) is 0 Å². The van der Waals surface area contributed by atoms with Crippen molar-refractivity contribution in [1.29, 1.82) is 5.41 Å². The maximum absolute atomic E-state index is 13.1. The quantitative estimate of drug-likeness (QED) is 0.411. The molecule has 0 aliphatic heterocycles. The van der Waals surface area contributed by atoms with Gasteiger partial charge in [-0.3, -0.25) is 9.81 Å². The summed E-state index contributed by atoms with van der Waals surface area (Å²) in [6.45, 7) is 0. The summed E-state index contributed by atoms with van der Waals surface area (Å²) in [6, 6.07) is 17.6. The Balaban J connectivity index is 1.71. The third-order valence-corrected chi connectivity index (χ3v) is 4.25. The number of benzene rings is 2. The smallest absolute Gasteiger partial charge is 0.293 e. The number of halogens is 1. The molecule has 0 unspecified atom stereocenters. The van der Waals surface area contributed by atoms with E-state index in [1.165, 1.54) is 12.1 Å². The van der Waals surface area contributed by atoms with Crippen LogP contribution in [0.25, 0.3) is 28.0 Å². The van der Waals surface area contributed by atoms with E-state index >= 15 is 0 Å². The third kappa shape index (κ3) is 3.45. The SMILES string of the molecule is N=COC(N)=Nc1cccc(-c2cnc3cc(-c4ccc(F)cc4)ccn23)c1. The Morgan fingerprint density at radius 2 is 1.89 bits per heavy atom. The van der Waals surface area contributed by atoms with Gasteiger partial charge in [0.25, 0.3) is 6.02 Å². The summed E-state index contributed by atoms with van der Waals surface area (Å²) < 4.78 is 19.9. The number of nitrogens with zero attached hydrogens (tertiary/aromatic N) is 3. The van der Waals surface area contributed by atoms with Crippen molar-refractivity contribution in [3.8, 4) is 22.4 Å². The van der Waals surface area contributed by atoms with Gasteiger partial charge in [-0.05, 0) is 47.5 Å². The minimum atomic E-state index is -0.262. The first-order valence-corrected chi connectivity index (χ1v) is 8.47. The molecular formula is C21H16FN5O. The fourth-order valence-electron chi connectivity index (χ4n) is 2.96. The molecule has 0 saturated carbocycles. The lowest BCUT2D eigenvalue weighted by molar-refractivity contribution is 0.556. The fourth-order valence-corrected chi connectivity index (χ4v) is 2.96. The van der Waals surface area contributed by atoms with Gasteiger partial charge in [0.15, 0.2) is 6.40 Å². The van der Waals surface area contributed by atoms with Gasteiger partial charge in [0.05, 0.1) is 17.6 Å². The highest BCUT2D eigenvalue weighted by Gasteiger charge is 2.08. The molecule has 0 atom stereocenters. The summed E-state index contributed by atoms with van der Waals surface area (Å²) in [5.74, 6) is -0.262. The Morgan fingerprint density at radius 1 is 1.07 bits per heavy atom. The highest BCUT2D eigenvalue weighted by atomic mass is 19.1. The maximum Gasteiger partial charge on any atom is 0.293 e. The lowest BCUT2D eigenvalue weighted by atomic mass is 10.1. The van der Waals surface area contributed by atoms with Crippen LogP contribution in [0.3, 0.4) is 0 Å². The van der Waals surface area contributed by atoms with Crippen molar-refractivity contribution >= 4 is 23.8 Å². The number of imidazole rings is 1. The minimum absolute atomic E-state index is 0.103. The molecule has 138 valence electrons. The Hall–Kier alpha value is -4.00. The molecule has 28 heavy (non-hydrogen) atoms. The Labute approximate surface area is 160 Å². The summed E-state index contributed by atoms with van der Waals surface area (Å²) in [5.41, 5.74) is 10.7. The average molecular weight is 373 g/mol. The third-order valence-electron chi connectivity index (χ3n) is 4.25. The van der Waals surface area contributed by atoms with Crippen molar-refractivity contribution in [3.63, 3.8) is 0 Å². The van der Waals surface area contributed by atoms with Crippen LogP contribution in [0, 0.1) is 11.2 Å². The zero-order valence-corrected chi connectivity index (χ0v) is 14.7. The Morgan fingerprint density at radius 3 is 2.68 bits per heavy atom. The zero-order valence-electron chi connectivity index (χ0n) is 14.7. The van der Waals surface area contributed by atoms with Gasteiger partial charge in [-0.1, -0.05) is 24.3 Å². The lowest BCUT2D eigenvalue weighted by Crippen LogP contribution is -2.14. The molecule has 0 fully saturated rings. The number of rotatable bonds is 4. The fraction of sp³-hybridized carbons (Fsp3) is 0. The summed E-state index contributed by atoms with van der Waals surface area (Å²) in [5, 5.41) is 6.90. The van der Waals surface area contributed by atoms with Crippen LogP contribution < -0.4 is 5.73 Å². The number of amidine groups is 1. The van der Waals surface area contributed by atoms with E-state index in [1.807, 2.05) is 40.9 Å². The summed E-state index contributed by atoms with van der Waals surface area (Å²) in [6.07, 6.45) is 4.44. The number of fused-ring (bicyclic) bond motifs is 1. The van der Waals surface area contributed by atoms with E-state index in [2.05, 4.69) is 9.98 Å². The molecule has 6 nitrogen and oxygen atoms in total. The molecule has 0 radical (unpaired) electrons. The molecule has 7 heteroatoms. The molecule has 2 aromatic carbocycles. The van der Waals surface area contributed by atoms with E-state index < -0.39 is 0 Å². The van der Waals surface area contributed by atoms with Crippen LogP contribution in [0.15, 0.2) is 78.0 Å². The first-order valence-electron chi connectivity index (χ1n) is 8.47. The van der Waals surface area contributed by atoms with Gasteiger partial charge in [0.1, 0.15) is 11.5 Å². The van der Waals surface area contributed by atoms with Gasteiger partial charge in [-0.2, -0.15) is 4.99 Å². The monoisotopic (exact) mass is 373 g/mol. The summed E-state index contributed by atoms with van der Waals surface area (Å²) >= 11 is 0. The van der Waals surface area contributed by atoms with Crippen LogP contribution in [-0.2, 0) is 4.74 Å². The van der Waals surface area contributed by atoms with Crippen molar-refractivity contribution in [1.82, 2.24) is 9.38 Å². The number of nitrogens with one attached hydrogen (secondary N) is 1. The van der Waals surface area contributed by atoms with Crippen LogP contribution in [0.1, 0.15) is 0 Å². The molecule has 2 aromatic heterocycles. The van der Waals surface area contributed by atoms with Crippen LogP contribution >= 0.6 is 0 Å². The van der Waals surface area contributed by atoms with Crippen molar-refractivity contribution in [2.24, 2.45) is 10.7 Å². The van der Waals surface area contributed by atoms with Crippen molar-refractivity contribution < 1.29 is 9.13 Å². The minimum Gasteiger partial charge on any atom is -0.415 e. The van der Waals surface area contributed by atoms with Crippen LogP contribution in [0.4, 0.5) is 10.1 Å². The molecule has 0 saturated heterocycles. The van der Waals surface area contributed by atoms with E-state index in [-0.39, 0.29) is 11.8 Å². The molecule has 0 aliphatic rings. The van der Waals surface area contributed by atoms with Crippen LogP contribution in [-0.4, -0.2) is 21.8 Å². The summed E-state index contributed by atoms with van der Waals surface area (Å²) in [4.78, 5) is 8.61. The van der Waals surface area contributed by atoms with Gasteiger partial charge >= 0.3 is 0 Å². The number of ether oxygens (including phenoxy) is 1. The Bertz CT molecular complexity index is 1180. The van der Waals surface area contributed by atoms with Gasteiger partial charge in [0, 0.05) is 11.8 Å². The second-order valence-corrected chi connectivity index (χ2v) is 6.03. The van der Waals surface area contributed by atoms with Crippen molar-refractivity contribution in [2.75, 3.05) is 0 Å². The number of pyridine rings is 1. The second kappa shape index (κ2) is 7.32. The molecule has 3 N–H and O–H groups in total. The van der Waals surface area contributed by atoms with Crippen molar-refractivity contribution in [3.05, 3.63) is 78.9 Å². The number of aromatic nitrogens is 2. The molecule has 0 aliphatic carbocycles. The van der Waals surface area contributed by atoms with E-state index in [0.717, 1.165) is 34.4 Å². The van der Waals surface area contributed by atoms with E-state index in [4.69, 9.17) is 15.9 Å². The van der Waals surface area contributed by atoms with E-state index in [0.29, 0.717) is 5.69 Å². The average Bonchev–Trinajstić information content (AvgIpc) is 3.12. The maximum atomic E-state index is 13.1. The standard InChI is InChI=1S/C21H16FN5O/c22-17-6-4-14(5-7-17)15-8-9-27-19(12-25-20(27)11-15)16-2-1-3-18(10-16)26-21(24)28-13-23/h1-13,23H,(H2,24,26). The second-order valence-electron chi connectivity index (χ2n) is 6.03. The van der Waals surface area contributed by atoms with Crippen molar-refractivity contribution in [2.45, 2.75) is 0 Å². The van der Waals surface area contributed by atoms with Gasteiger partial charge in [-0.15, -0.1) is 0 Å². The predicted octanol–water partition coefficient (Wildman–Crippen LogP) is 4.38. The van der Waals surface area contributed by atoms with Gasteiger partial charge in [0.2, 0.25) is 0 Å². The number of nitrogens with two attached hydrogens (primary N) is 1. The molecule has 0 amide bonds. The molecule has 0 bridgehead atoms. The summed E-state index contributed by atoms with van der Waals surface area (Å²) in [7, 11) is 0. The van der Waals surface area contributed by atoms with E-state index in [1.54, 1.807) is 24.4 Å². The van der Waals surface area contributed by atoms with Gasteiger partial charge in [-0.25, -0.2) is 9.37 Å². The normalized spacial score (nSPS) is 11.5. The molecule has 2 heterocycles. The highest BCUT2D eigenvalue weighted by Crippen LogP contribution is 2.27. The number of hydrogen-bond donors (Lipinski definition) is 2. The first-order chi connectivity index (χ1) is 13.6. The largest absolute Gasteiger partial charge is 0.415 e. The van der Waals surface area contributed by atoms with E-state index in [9.17, 15) is 4.39 Å². The van der Waals surface area contributed by atoms with Crippen LogP contribution in [0.5, 0.6) is 0 Å². The molecular weight excluding hydrogens is 357 g/mol. The Kier molecular flexibility index (Phi) is 4.55. The zero-order chi connectivity index (χ0) is 19.5. The highest BCUT2D eigenvalue weighted by molar-refractivity contribution is 5.82.